The van der Waals surface area contributed by atoms with Crippen molar-refractivity contribution in [3.8, 4) is 5.75 Å². The van der Waals surface area contributed by atoms with Crippen molar-refractivity contribution in [1.29, 1.82) is 0 Å². The van der Waals surface area contributed by atoms with Gasteiger partial charge in [-0.15, -0.1) is 0 Å². The molecule has 0 N–H and O–H groups in total. The normalized spacial score (nSPS) is 10.3. The zero-order valence-corrected chi connectivity index (χ0v) is 13.8. The van der Waals surface area contributed by atoms with E-state index in [0.717, 1.165) is 12.2 Å². The first-order valence-electron chi connectivity index (χ1n) is 7.61. The van der Waals surface area contributed by atoms with Crippen LogP contribution >= 0.6 is 12.2 Å². The Kier molecular flexibility index (Phi) is 8.28. The van der Waals surface area contributed by atoms with Gasteiger partial charge in [-0.25, -0.2) is 0 Å². The molecular weight excluding hydrogens is 266 g/mol. The summed E-state index contributed by atoms with van der Waals surface area (Å²) in [5.41, 5.74) is 1.33. The van der Waals surface area contributed by atoms with Crippen LogP contribution in [-0.2, 0) is 6.42 Å². The molecule has 0 aromatic heterocycles. The number of ether oxygens (including phenoxy) is 1. The second-order valence-corrected chi connectivity index (χ2v) is 5.78. The lowest BCUT2D eigenvalue weighted by Crippen LogP contribution is -2.24. The Labute approximate surface area is 129 Å². The molecule has 0 fully saturated rings. The van der Waals surface area contributed by atoms with Gasteiger partial charge in [0.1, 0.15) is 5.75 Å². The van der Waals surface area contributed by atoms with E-state index in [9.17, 15) is 0 Å². The fourth-order valence-electron chi connectivity index (χ4n) is 2.07. The predicted molar refractivity (Wildman–Crippen MR) is 90.4 cm³/mol. The second-order valence-electron chi connectivity index (χ2n) is 5.43. The smallest absolute Gasteiger partial charge is 0.264 e. The Bertz CT molecular complexity index is 404. The molecule has 0 heterocycles. The maximum absolute atomic E-state index is 5.63. The van der Waals surface area contributed by atoms with Crippen LogP contribution in [0.4, 0.5) is 0 Å². The first-order chi connectivity index (χ1) is 9.63. The van der Waals surface area contributed by atoms with Gasteiger partial charge >= 0.3 is 0 Å². The highest BCUT2D eigenvalue weighted by Gasteiger charge is 2.03. The number of benzene rings is 1. The summed E-state index contributed by atoms with van der Waals surface area (Å²) in [6.07, 6.45) is 9.10. The van der Waals surface area contributed by atoms with E-state index in [2.05, 4.69) is 19.1 Å². The van der Waals surface area contributed by atoms with Crippen molar-refractivity contribution in [3.63, 3.8) is 0 Å². The first kappa shape index (κ1) is 17.0. The molecule has 0 saturated heterocycles. The molecule has 1 aromatic rings. The summed E-state index contributed by atoms with van der Waals surface area (Å²) >= 11 is 5.15. The molecule has 3 heteroatoms. The van der Waals surface area contributed by atoms with Crippen LogP contribution in [0.15, 0.2) is 24.3 Å². The third-order valence-electron chi connectivity index (χ3n) is 3.29. The molecule has 2 nitrogen and oxygen atoms in total. The number of thiocarbonyl (C=S) groups is 1. The standard InChI is InChI=1S/C17H27NOS/c1-4-5-6-7-8-9-11-15-12-10-13-16(14-15)19-17(20)18(2)3/h10,12-14H,4-9,11H2,1-3H3. The number of unbranched alkanes of at least 4 members (excludes halogenated alkanes) is 5. The second kappa shape index (κ2) is 9.76. The van der Waals surface area contributed by atoms with E-state index in [1.807, 2.05) is 26.2 Å². The van der Waals surface area contributed by atoms with Gasteiger partial charge in [0, 0.05) is 14.1 Å². The van der Waals surface area contributed by atoms with Crippen molar-refractivity contribution < 1.29 is 4.74 Å². The van der Waals surface area contributed by atoms with Crippen molar-refractivity contribution in [3.05, 3.63) is 29.8 Å². The van der Waals surface area contributed by atoms with E-state index in [1.54, 1.807) is 4.90 Å². The van der Waals surface area contributed by atoms with Crippen LogP contribution in [0, 0.1) is 0 Å². The number of aryl methyl sites for hydroxylation is 1. The van der Waals surface area contributed by atoms with E-state index in [4.69, 9.17) is 17.0 Å². The third-order valence-corrected chi connectivity index (χ3v) is 3.74. The minimum Gasteiger partial charge on any atom is -0.432 e. The molecule has 0 unspecified atom stereocenters. The monoisotopic (exact) mass is 293 g/mol. The maximum Gasteiger partial charge on any atom is 0.264 e. The SMILES string of the molecule is CCCCCCCCc1cccc(OC(=S)N(C)C)c1. The maximum atomic E-state index is 5.63. The van der Waals surface area contributed by atoms with Crippen molar-refractivity contribution in [2.75, 3.05) is 14.1 Å². The van der Waals surface area contributed by atoms with E-state index in [0.29, 0.717) is 5.17 Å². The van der Waals surface area contributed by atoms with Gasteiger partial charge in [0.15, 0.2) is 0 Å². The van der Waals surface area contributed by atoms with Gasteiger partial charge in [0.05, 0.1) is 0 Å². The topological polar surface area (TPSA) is 12.5 Å². The quantitative estimate of drug-likeness (QED) is 0.504. The minimum absolute atomic E-state index is 0.502. The number of rotatable bonds is 8. The molecule has 0 spiro atoms. The largest absolute Gasteiger partial charge is 0.432 e. The summed E-state index contributed by atoms with van der Waals surface area (Å²) in [7, 11) is 3.78. The summed E-state index contributed by atoms with van der Waals surface area (Å²) in [5.74, 6) is 0.840. The van der Waals surface area contributed by atoms with E-state index in [-0.39, 0.29) is 0 Å². The molecule has 1 aromatic carbocycles. The van der Waals surface area contributed by atoms with Crippen molar-refractivity contribution in [2.24, 2.45) is 0 Å². The zero-order valence-electron chi connectivity index (χ0n) is 13.0. The molecule has 0 saturated carbocycles. The van der Waals surface area contributed by atoms with Crippen LogP contribution < -0.4 is 4.74 Å². The first-order valence-corrected chi connectivity index (χ1v) is 8.02. The Morgan fingerprint density at radius 1 is 1.10 bits per heavy atom. The lowest BCUT2D eigenvalue weighted by atomic mass is 10.0. The molecule has 0 amide bonds. The molecule has 0 aliphatic carbocycles. The Hall–Kier alpha value is -1.09. The summed E-state index contributed by atoms with van der Waals surface area (Å²) < 4.78 is 5.63. The van der Waals surface area contributed by atoms with Gasteiger partial charge in [0.2, 0.25) is 0 Å². The lowest BCUT2D eigenvalue weighted by molar-refractivity contribution is 0.449. The number of hydrogen-bond donors (Lipinski definition) is 0. The van der Waals surface area contributed by atoms with Gasteiger partial charge in [0.25, 0.3) is 5.17 Å². The van der Waals surface area contributed by atoms with Crippen LogP contribution in [0.25, 0.3) is 0 Å². The van der Waals surface area contributed by atoms with Gasteiger partial charge in [-0.1, -0.05) is 51.2 Å². The summed E-state index contributed by atoms with van der Waals surface area (Å²) in [5, 5.41) is 0.502. The molecule has 0 aliphatic heterocycles. The Balaban J connectivity index is 2.34. The van der Waals surface area contributed by atoms with Crippen LogP contribution in [0.5, 0.6) is 5.75 Å². The van der Waals surface area contributed by atoms with Gasteiger partial charge < -0.3 is 9.64 Å². The Morgan fingerprint density at radius 2 is 1.80 bits per heavy atom. The van der Waals surface area contributed by atoms with Gasteiger partial charge in [-0.2, -0.15) is 0 Å². The highest BCUT2D eigenvalue weighted by Crippen LogP contribution is 2.17. The summed E-state index contributed by atoms with van der Waals surface area (Å²) in [4.78, 5) is 1.80. The zero-order chi connectivity index (χ0) is 14.8. The van der Waals surface area contributed by atoms with Crippen molar-refractivity contribution in [1.82, 2.24) is 4.90 Å². The lowest BCUT2D eigenvalue weighted by Gasteiger charge is -2.14. The van der Waals surface area contributed by atoms with Crippen molar-refractivity contribution in [2.45, 2.75) is 51.9 Å². The van der Waals surface area contributed by atoms with Crippen LogP contribution in [-0.4, -0.2) is 24.2 Å². The Morgan fingerprint density at radius 3 is 2.50 bits per heavy atom. The average molecular weight is 293 g/mol. The van der Waals surface area contributed by atoms with E-state index < -0.39 is 0 Å². The predicted octanol–water partition coefficient (Wildman–Crippen LogP) is 4.81. The molecule has 1 rings (SSSR count). The summed E-state index contributed by atoms with van der Waals surface area (Å²) in [6, 6.07) is 8.26. The summed E-state index contributed by atoms with van der Waals surface area (Å²) in [6.45, 7) is 2.25. The average Bonchev–Trinajstić information content (AvgIpc) is 2.43. The molecule has 0 radical (unpaired) electrons. The molecule has 20 heavy (non-hydrogen) atoms. The van der Waals surface area contributed by atoms with Gasteiger partial charge in [-0.3, -0.25) is 0 Å². The minimum atomic E-state index is 0.502. The highest BCUT2D eigenvalue weighted by molar-refractivity contribution is 7.80. The number of hydrogen-bond acceptors (Lipinski definition) is 2. The molecule has 0 bridgehead atoms. The molecule has 112 valence electrons. The molecular formula is C17H27NOS. The van der Waals surface area contributed by atoms with Crippen molar-refractivity contribution >= 4 is 17.4 Å². The van der Waals surface area contributed by atoms with Crippen LogP contribution in [0.1, 0.15) is 51.0 Å². The third kappa shape index (κ3) is 6.90. The molecule has 0 aliphatic rings. The van der Waals surface area contributed by atoms with Crippen LogP contribution in [0.2, 0.25) is 0 Å². The number of nitrogens with zero attached hydrogens (tertiary/aromatic N) is 1. The van der Waals surface area contributed by atoms with E-state index >= 15 is 0 Å². The van der Waals surface area contributed by atoms with E-state index in [1.165, 1.54) is 44.1 Å². The fraction of sp³-hybridized carbons (Fsp3) is 0.588. The highest BCUT2D eigenvalue weighted by atomic mass is 32.1. The van der Waals surface area contributed by atoms with Crippen LogP contribution in [0.3, 0.4) is 0 Å². The molecule has 0 atom stereocenters. The van der Waals surface area contributed by atoms with Gasteiger partial charge in [-0.05, 0) is 42.8 Å². The fourth-order valence-corrected chi connectivity index (χ4v) is 2.16.